The van der Waals surface area contributed by atoms with Gasteiger partial charge in [0, 0.05) is 22.8 Å². The van der Waals surface area contributed by atoms with E-state index in [9.17, 15) is 37.1 Å². The van der Waals surface area contributed by atoms with Crippen molar-refractivity contribution >= 4 is 95.5 Å². The first-order valence-corrected chi connectivity index (χ1v) is 13.4. The smallest absolute Gasteiger partial charge is 0.345 e. The summed E-state index contributed by atoms with van der Waals surface area (Å²) in [6.45, 7) is -0.491. The Morgan fingerprint density at radius 3 is 2.36 bits per heavy atom. The quantitative estimate of drug-likeness (QED) is 0.0524. The highest BCUT2D eigenvalue weighted by Crippen LogP contribution is 2.28. The van der Waals surface area contributed by atoms with Crippen molar-refractivity contribution < 1.29 is 41.3 Å². The summed E-state index contributed by atoms with van der Waals surface area (Å²) in [5, 5.41) is 11.3. The predicted molar refractivity (Wildman–Crippen MR) is 137 cm³/mol. The third-order valence-corrected chi connectivity index (χ3v) is 8.46. The highest BCUT2D eigenvalue weighted by atomic mass is 127. The molecular formula is C18H12FI3NO9S-. The number of halogens is 4. The monoisotopic (exact) mass is 818 g/mol. The summed E-state index contributed by atoms with van der Waals surface area (Å²) in [7, 11) is -5.12. The second-order valence-corrected chi connectivity index (χ2v) is 11.2. The highest BCUT2D eigenvalue weighted by molar-refractivity contribution is 14.1. The second-order valence-electron chi connectivity index (χ2n) is 6.26. The molecule has 0 spiro atoms. The van der Waals surface area contributed by atoms with Gasteiger partial charge in [0.2, 0.25) is 0 Å². The van der Waals surface area contributed by atoms with E-state index in [2.05, 4.69) is 22.6 Å². The van der Waals surface area contributed by atoms with E-state index in [-0.39, 0.29) is 17.7 Å². The zero-order valence-corrected chi connectivity index (χ0v) is 23.4. The van der Waals surface area contributed by atoms with Crippen LogP contribution in [0.15, 0.2) is 30.3 Å². The van der Waals surface area contributed by atoms with Crippen molar-refractivity contribution in [2.75, 3.05) is 6.61 Å². The lowest BCUT2D eigenvalue weighted by Gasteiger charge is -2.12. The van der Waals surface area contributed by atoms with Crippen LogP contribution in [0.4, 0.5) is 10.1 Å². The van der Waals surface area contributed by atoms with Crippen molar-refractivity contribution in [1.29, 1.82) is 0 Å². The number of carbonyl (C=O) groups is 2. The number of nitro groups is 1. The van der Waals surface area contributed by atoms with Crippen LogP contribution >= 0.6 is 67.8 Å². The molecule has 10 nitrogen and oxygen atoms in total. The molecular weight excluding hydrogens is 806 g/mol. The van der Waals surface area contributed by atoms with Crippen LogP contribution in [-0.4, -0.2) is 41.9 Å². The number of hydrogen-bond donors (Lipinski definition) is 0. The summed E-state index contributed by atoms with van der Waals surface area (Å²) < 4.78 is 57.1. The average molecular weight is 818 g/mol. The minimum absolute atomic E-state index is 0.150. The van der Waals surface area contributed by atoms with E-state index in [1.54, 1.807) is 6.07 Å². The number of rotatable bonds is 9. The van der Waals surface area contributed by atoms with Gasteiger partial charge in [-0.2, -0.15) is 0 Å². The number of esters is 2. The van der Waals surface area contributed by atoms with Gasteiger partial charge in [0.15, 0.2) is 5.50 Å². The van der Waals surface area contributed by atoms with Crippen LogP contribution in [0.5, 0.6) is 5.75 Å². The molecule has 178 valence electrons. The Kier molecular flexibility index (Phi) is 10.2. The lowest BCUT2D eigenvalue weighted by atomic mass is 10.1. The van der Waals surface area contributed by atoms with Crippen LogP contribution in [0.1, 0.15) is 33.6 Å². The first-order valence-electron chi connectivity index (χ1n) is 8.72. The first kappa shape index (κ1) is 28.1. The van der Waals surface area contributed by atoms with E-state index in [0.29, 0.717) is 3.57 Å². The van der Waals surface area contributed by atoms with Crippen molar-refractivity contribution in [2.24, 2.45) is 0 Å². The van der Waals surface area contributed by atoms with Crippen molar-refractivity contribution in [3.8, 4) is 5.75 Å². The van der Waals surface area contributed by atoms with Gasteiger partial charge in [-0.25, -0.2) is 22.4 Å². The molecule has 1 unspecified atom stereocenters. The molecule has 0 bridgehead atoms. The minimum atomic E-state index is -5.12. The third kappa shape index (κ3) is 7.92. The number of ether oxygens (including phenoxy) is 2. The standard InChI is InChI=1S/C18H13FI3NO9S/c19-15(33(28,29)30)2-1-5-31-17(24)11-8-10(3-4-14(11)23(26)27)32-18(25)12-6-9(20)7-13(21)16(12)22/h3-4,6-8,15H,1-2,5H2,(H,28,29,30)/p-1. The zero-order chi connectivity index (χ0) is 24.9. The number of nitrogens with zero attached hydrogens (tertiary/aromatic N) is 1. The summed E-state index contributed by atoms with van der Waals surface area (Å²) in [5.41, 5.74) is -3.53. The molecule has 0 aliphatic carbocycles. The topological polar surface area (TPSA) is 153 Å². The van der Waals surface area contributed by atoms with Crippen LogP contribution in [0, 0.1) is 20.8 Å². The van der Waals surface area contributed by atoms with Crippen LogP contribution in [0.2, 0.25) is 0 Å². The second kappa shape index (κ2) is 12.0. The molecule has 0 amide bonds. The Balaban J connectivity index is 2.18. The van der Waals surface area contributed by atoms with Gasteiger partial charge in [0.1, 0.15) is 21.4 Å². The molecule has 0 aromatic heterocycles. The molecule has 0 N–H and O–H groups in total. The minimum Gasteiger partial charge on any atom is -0.746 e. The molecule has 0 aliphatic heterocycles. The number of alkyl halides is 1. The van der Waals surface area contributed by atoms with Gasteiger partial charge in [0.25, 0.3) is 5.69 Å². The summed E-state index contributed by atoms with van der Waals surface area (Å²) in [6, 6.07) is 6.53. The van der Waals surface area contributed by atoms with E-state index >= 15 is 0 Å². The number of hydrogen-bond acceptors (Lipinski definition) is 9. The van der Waals surface area contributed by atoms with Gasteiger partial charge in [-0.3, -0.25) is 10.1 Å². The molecule has 2 aromatic carbocycles. The lowest BCUT2D eigenvalue weighted by Crippen LogP contribution is -2.17. The summed E-state index contributed by atoms with van der Waals surface area (Å²) in [5.74, 6) is -2.06. The fraction of sp³-hybridized carbons (Fsp3) is 0.222. The fourth-order valence-corrected chi connectivity index (χ4v) is 5.23. The van der Waals surface area contributed by atoms with Gasteiger partial charge in [0.05, 0.1) is 17.1 Å². The molecule has 2 aromatic rings. The van der Waals surface area contributed by atoms with Gasteiger partial charge in [-0.1, -0.05) is 0 Å². The van der Waals surface area contributed by atoms with Crippen molar-refractivity contribution in [3.63, 3.8) is 0 Å². The maximum atomic E-state index is 13.1. The van der Waals surface area contributed by atoms with Crippen LogP contribution in [-0.2, 0) is 14.9 Å². The van der Waals surface area contributed by atoms with E-state index in [1.807, 2.05) is 51.2 Å². The summed E-state index contributed by atoms with van der Waals surface area (Å²) in [6.07, 6.45) is -1.01. The van der Waals surface area contributed by atoms with Gasteiger partial charge in [-0.15, -0.1) is 0 Å². The van der Waals surface area contributed by atoms with Crippen molar-refractivity contribution in [3.05, 3.63) is 62.3 Å². The Labute approximate surface area is 227 Å². The molecule has 0 fully saturated rings. The van der Waals surface area contributed by atoms with E-state index in [0.717, 1.165) is 25.3 Å². The molecule has 0 aliphatic rings. The molecule has 0 saturated heterocycles. The van der Waals surface area contributed by atoms with Gasteiger partial charge >= 0.3 is 11.9 Å². The maximum Gasteiger partial charge on any atom is 0.345 e. The van der Waals surface area contributed by atoms with Crippen molar-refractivity contribution in [1.82, 2.24) is 0 Å². The number of carbonyl (C=O) groups excluding carboxylic acids is 2. The predicted octanol–water partition coefficient (Wildman–Crippen LogP) is 4.41. The molecule has 15 heteroatoms. The zero-order valence-electron chi connectivity index (χ0n) is 16.1. The molecule has 0 saturated carbocycles. The normalized spacial score (nSPS) is 12.2. The Bertz CT molecular complexity index is 1210. The molecule has 0 heterocycles. The Hall–Kier alpha value is -1.19. The van der Waals surface area contributed by atoms with Gasteiger partial charge in [-0.05, 0) is 98.8 Å². The van der Waals surface area contributed by atoms with Crippen LogP contribution < -0.4 is 4.74 Å². The summed E-state index contributed by atoms with van der Waals surface area (Å²) in [4.78, 5) is 35.3. The van der Waals surface area contributed by atoms with Crippen molar-refractivity contribution in [2.45, 2.75) is 18.3 Å². The maximum absolute atomic E-state index is 13.1. The third-order valence-electron chi connectivity index (χ3n) is 3.93. The molecule has 1 atom stereocenters. The lowest BCUT2D eigenvalue weighted by molar-refractivity contribution is -0.385. The van der Waals surface area contributed by atoms with E-state index in [4.69, 9.17) is 9.47 Å². The SMILES string of the molecule is O=C(OCCCC(F)S(=O)(=O)[O-])c1cc(OC(=O)c2cc(I)cc(I)c2I)ccc1[N+](=O)[O-]. The Morgan fingerprint density at radius 1 is 1.09 bits per heavy atom. The van der Waals surface area contributed by atoms with Crippen LogP contribution in [0.25, 0.3) is 0 Å². The molecule has 2 rings (SSSR count). The average Bonchev–Trinajstić information content (AvgIpc) is 2.72. The highest BCUT2D eigenvalue weighted by Gasteiger charge is 2.24. The fourth-order valence-electron chi connectivity index (χ4n) is 2.40. The largest absolute Gasteiger partial charge is 0.746 e. The van der Waals surface area contributed by atoms with E-state index in [1.165, 1.54) is 0 Å². The Morgan fingerprint density at radius 2 is 1.76 bits per heavy atom. The van der Waals surface area contributed by atoms with E-state index < -0.39 is 56.8 Å². The first-order chi connectivity index (χ1) is 15.3. The van der Waals surface area contributed by atoms with Crippen LogP contribution in [0.3, 0.4) is 0 Å². The summed E-state index contributed by atoms with van der Waals surface area (Å²) >= 11 is 6.07. The number of nitro benzene ring substituents is 1. The van der Waals surface area contributed by atoms with Gasteiger partial charge < -0.3 is 14.0 Å². The molecule has 33 heavy (non-hydrogen) atoms. The molecule has 0 radical (unpaired) electrons. The number of benzene rings is 2.